The Bertz CT molecular complexity index is 481. The van der Waals surface area contributed by atoms with Crippen LogP contribution in [-0.2, 0) is 0 Å². The molecule has 1 aromatic rings. The van der Waals surface area contributed by atoms with E-state index in [0.717, 1.165) is 30.7 Å². The number of hydrogen-bond acceptors (Lipinski definition) is 6. The van der Waals surface area contributed by atoms with Crippen LogP contribution in [-0.4, -0.2) is 54.2 Å². The minimum absolute atomic E-state index is 0.0393. The van der Waals surface area contributed by atoms with Gasteiger partial charge in [-0.05, 0) is 22.9 Å². The average Bonchev–Trinajstić information content (AvgIpc) is 2.47. The molecule has 0 N–H and O–H groups in total. The number of aromatic nitrogens is 2. The van der Waals surface area contributed by atoms with Crippen molar-refractivity contribution in [2.75, 3.05) is 38.2 Å². The first-order valence-corrected chi connectivity index (χ1v) is 6.90. The summed E-state index contributed by atoms with van der Waals surface area (Å²) in [7, 11) is 1.59. The number of nitriles is 1. The Morgan fingerprint density at radius 3 is 2.68 bits per heavy atom. The fraction of sp³-hybridized carbons (Fsp3) is 0.583. The number of anilines is 1. The number of ether oxygens (including phenoxy) is 1. The van der Waals surface area contributed by atoms with Crippen molar-refractivity contribution in [2.24, 2.45) is 0 Å². The lowest BCUT2D eigenvalue weighted by molar-refractivity contribution is 0.230. The lowest BCUT2D eigenvalue weighted by atomic mass is 10.2. The summed E-state index contributed by atoms with van der Waals surface area (Å²) in [6.45, 7) is 5.25. The Kier molecular flexibility index (Phi) is 4.56. The minimum Gasteiger partial charge on any atom is -0.480 e. The molecular weight excluding hydrogens is 310 g/mol. The fourth-order valence-corrected chi connectivity index (χ4v) is 2.38. The summed E-state index contributed by atoms with van der Waals surface area (Å²) in [4.78, 5) is 12.9. The van der Waals surface area contributed by atoms with Gasteiger partial charge < -0.3 is 9.64 Å². The van der Waals surface area contributed by atoms with E-state index in [-0.39, 0.29) is 6.04 Å². The number of halogens is 1. The van der Waals surface area contributed by atoms with Gasteiger partial charge in [0.1, 0.15) is 0 Å². The maximum Gasteiger partial charge on any atom is 0.232 e. The minimum atomic E-state index is -0.0393. The van der Waals surface area contributed by atoms with Crippen molar-refractivity contribution >= 4 is 21.9 Å². The Balaban J connectivity index is 2.04. The number of rotatable bonds is 3. The zero-order valence-corrected chi connectivity index (χ0v) is 12.6. The van der Waals surface area contributed by atoms with E-state index in [4.69, 9.17) is 10.00 Å². The highest BCUT2D eigenvalue weighted by Gasteiger charge is 2.22. The van der Waals surface area contributed by atoms with E-state index in [1.54, 1.807) is 13.3 Å². The molecule has 1 aliphatic heterocycles. The number of methoxy groups -OCH3 is 1. The smallest absolute Gasteiger partial charge is 0.232 e. The van der Waals surface area contributed by atoms with Crippen LogP contribution in [0.1, 0.15) is 6.92 Å². The summed E-state index contributed by atoms with van der Waals surface area (Å²) in [6, 6.07) is 2.23. The van der Waals surface area contributed by atoms with Crippen LogP contribution >= 0.6 is 15.9 Å². The predicted molar refractivity (Wildman–Crippen MR) is 75.1 cm³/mol. The van der Waals surface area contributed by atoms with Gasteiger partial charge in [-0.1, -0.05) is 0 Å². The Labute approximate surface area is 121 Å². The van der Waals surface area contributed by atoms with Gasteiger partial charge in [-0.25, -0.2) is 4.98 Å². The lowest BCUT2D eigenvalue weighted by Gasteiger charge is -2.35. The molecule has 19 heavy (non-hydrogen) atoms. The highest BCUT2D eigenvalue weighted by molar-refractivity contribution is 9.10. The van der Waals surface area contributed by atoms with Crippen LogP contribution in [0.5, 0.6) is 5.88 Å². The third-order valence-electron chi connectivity index (χ3n) is 3.22. The molecular formula is C12H16BrN5O. The second kappa shape index (κ2) is 6.17. The Morgan fingerprint density at radius 2 is 2.11 bits per heavy atom. The molecule has 1 saturated heterocycles. The van der Waals surface area contributed by atoms with E-state index >= 15 is 0 Å². The maximum absolute atomic E-state index is 8.92. The highest BCUT2D eigenvalue weighted by Crippen LogP contribution is 2.23. The zero-order valence-electron chi connectivity index (χ0n) is 11.0. The van der Waals surface area contributed by atoms with Crippen LogP contribution in [0.3, 0.4) is 0 Å². The lowest BCUT2D eigenvalue weighted by Crippen LogP contribution is -2.49. The van der Waals surface area contributed by atoms with Crippen LogP contribution in [0.25, 0.3) is 0 Å². The summed E-state index contributed by atoms with van der Waals surface area (Å²) in [5, 5.41) is 8.92. The van der Waals surface area contributed by atoms with Crippen molar-refractivity contribution < 1.29 is 4.74 Å². The number of hydrogen-bond donors (Lipinski definition) is 0. The van der Waals surface area contributed by atoms with Gasteiger partial charge in [-0.15, -0.1) is 0 Å². The van der Waals surface area contributed by atoms with Gasteiger partial charge in [-0.2, -0.15) is 10.2 Å². The van der Waals surface area contributed by atoms with E-state index < -0.39 is 0 Å². The first-order chi connectivity index (χ1) is 9.15. The normalized spacial score (nSPS) is 17.9. The monoisotopic (exact) mass is 325 g/mol. The molecule has 7 heteroatoms. The first-order valence-electron chi connectivity index (χ1n) is 6.11. The van der Waals surface area contributed by atoms with E-state index in [1.165, 1.54) is 0 Å². The summed E-state index contributed by atoms with van der Waals surface area (Å²) in [5.41, 5.74) is 0. The van der Waals surface area contributed by atoms with E-state index in [1.807, 2.05) is 6.92 Å². The SMILES string of the molecule is COc1nc(N2CCN(C(C)C#N)CC2)ncc1Br. The zero-order chi connectivity index (χ0) is 13.8. The molecule has 0 amide bonds. The number of piperazine rings is 1. The van der Waals surface area contributed by atoms with Gasteiger partial charge in [0.25, 0.3) is 0 Å². The standard InChI is InChI=1S/C12H16BrN5O/c1-9(7-14)17-3-5-18(6-4-17)12-15-8-10(13)11(16-12)19-2/h8-9H,3-6H2,1-2H3. The van der Waals surface area contributed by atoms with Crippen molar-refractivity contribution in [3.63, 3.8) is 0 Å². The average molecular weight is 326 g/mol. The van der Waals surface area contributed by atoms with Crippen LogP contribution in [0.4, 0.5) is 5.95 Å². The largest absolute Gasteiger partial charge is 0.480 e. The van der Waals surface area contributed by atoms with Crippen LogP contribution in [0, 0.1) is 11.3 Å². The van der Waals surface area contributed by atoms with Gasteiger partial charge in [0, 0.05) is 26.2 Å². The van der Waals surface area contributed by atoms with E-state index in [2.05, 4.69) is 41.8 Å². The topological polar surface area (TPSA) is 65.3 Å². The van der Waals surface area contributed by atoms with Gasteiger partial charge in [-0.3, -0.25) is 4.90 Å². The molecule has 0 saturated carbocycles. The third-order valence-corrected chi connectivity index (χ3v) is 3.77. The molecule has 1 fully saturated rings. The Morgan fingerprint density at radius 1 is 1.42 bits per heavy atom. The summed E-state index contributed by atoms with van der Waals surface area (Å²) in [5.74, 6) is 1.21. The highest BCUT2D eigenvalue weighted by atomic mass is 79.9. The molecule has 2 heterocycles. The van der Waals surface area contributed by atoms with Crippen LogP contribution < -0.4 is 9.64 Å². The molecule has 0 spiro atoms. The molecule has 1 atom stereocenters. The molecule has 1 aliphatic rings. The number of nitrogens with zero attached hydrogens (tertiary/aromatic N) is 5. The predicted octanol–water partition coefficient (Wildman–Crippen LogP) is 1.28. The van der Waals surface area contributed by atoms with Crippen molar-refractivity contribution in [3.05, 3.63) is 10.7 Å². The molecule has 2 rings (SSSR count). The quantitative estimate of drug-likeness (QED) is 0.834. The third kappa shape index (κ3) is 3.14. The van der Waals surface area contributed by atoms with Gasteiger partial charge in [0.05, 0.1) is 29.9 Å². The molecule has 6 nitrogen and oxygen atoms in total. The first kappa shape index (κ1) is 14.0. The van der Waals surface area contributed by atoms with E-state index in [9.17, 15) is 0 Å². The molecule has 0 bridgehead atoms. The van der Waals surface area contributed by atoms with Gasteiger partial charge in [0.2, 0.25) is 11.8 Å². The van der Waals surface area contributed by atoms with Crippen LogP contribution in [0.15, 0.2) is 10.7 Å². The summed E-state index contributed by atoms with van der Waals surface area (Å²) in [6.07, 6.45) is 1.70. The molecule has 0 aliphatic carbocycles. The molecule has 102 valence electrons. The molecule has 0 radical (unpaired) electrons. The van der Waals surface area contributed by atoms with Crippen molar-refractivity contribution in [1.29, 1.82) is 5.26 Å². The van der Waals surface area contributed by atoms with Crippen LogP contribution in [0.2, 0.25) is 0 Å². The van der Waals surface area contributed by atoms with Crippen molar-refractivity contribution in [2.45, 2.75) is 13.0 Å². The van der Waals surface area contributed by atoms with Gasteiger partial charge >= 0.3 is 0 Å². The molecule has 0 aromatic carbocycles. The summed E-state index contributed by atoms with van der Waals surface area (Å²) < 4.78 is 5.92. The van der Waals surface area contributed by atoms with Crippen molar-refractivity contribution in [1.82, 2.24) is 14.9 Å². The maximum atomic E-state index is 8.92. The summed E-state index contributed by atoms with van der Waals surface area (Å²) >= 11 is 3.34. The molecule has 1 unspecified atom stereocenters. The van der Waals surface area contributed by atoms with E-state index in [0.29, 0.717) is 11.8 Å². The van der Waals surface area contributed by atoms with Gasteiger partial charge in [0.15, 0.2) is 0 Å². The second-order valence-electron chi connectivity index (χ2n) is 4.36. The fourth-order valence-electron chi connectivity index (χ4n) is 2.03. The van der Waals surface area contributed by atoms with Crippen molar-refractivity contribution in [3.8, 4) is 11.9 Å². The Hall–Kier alpha value is -1.39. The second-order valence-corrected chi connectivity index (χ2v) is 5.21. The molecule has 1 aromatic heterocycles.